The van der Waals surface area contributed by atoms with Crippen LogP contribution in [0.25, 0.3) is 10.9 Å². The number of ether oxygens (including phenoxy) is 2. The standard InChI is InChI=1S/C32H42ClNO4/c1-4-5-6-7-8-9-10-11-12-13-14-21-38-31(35)23-28-24(2)34(30-20-19-27(37-3)22-29(28)30)32(36)25-15-17-26(33)18-16-25/h15-20,22H,4-14,21,23H2,1-3H3. The van der Waals surface area contributed by atoms with Gasteiger partial charge in [0.1, 0.15) is 5.75 Å². The van der Waals surface area contributed by atoms with Gasteiger partial charge < -0.3 is 9.47 Å². The molecule has 0 radical (unpaired) electrons. The van der Waals surface area contributed by atoms with Crippen LogP contribution in [0.5, 0.6) is 5.75 Å². The highest BCUT2D eigenvalue weighted by molar-refractivity contribution is 6.30. The minimum absolute atomic E-state index is 0.106. The maximum atomic E-state index is 13.4. The Morgan fingerprint density at radius 3 is 2.05 bits per heavy atom. The molecule has 0 bridgehead atoms. The lowest BCUT2D eigenvalue weighted by molar-refractivity contribution is -0.142. The maximum Gasteiger partial charge on any atom is 0.310 e. The van der Waals surface area contributed by atoms with Crippen LogP contribution in [0, 0.1) is 6.92 Å². The van der Waals surface area contributed by atoms with E-state index in [1.54, 1.807) is 35.9 Å². The average Bonchev–Trinajstić information content (AvgIpc) is 3.19. The van der Waals surface area contributed by atoms with Crippen molar-refractivity contribution in [3.63, 3.8) is 0 Å². The molecule has 6 heteroatoms. The number of unbranched alkanes of at least 4 members (excludes halogenated alkanes) is 10. The predicted molar refractivity (Wildman–Crippen MR) is 156 cm³/mol. The molecule has 3 rings (SSSR count). The lowest BCUT2D eigenvalue weighted by atomic mass is 10.1. The molecule has 0 aliphatic rings. The quantitative estimate of drug-likeness (QED) is 0.135. The number of aromatic nitrogens is 1. The summed E-state index contributed by atoms with van der Waals surface area (Å²) >= 11 is 6.01. The first kappa shape index (κ1) is 29.8. The van der Waals surface area contributed by atoms with Crippen LogP contribution in [0.15, 0.2) is 42.5 Å². The molecule has 0 saturated heterocycles. The van der Waals surface area contributed by atoms with Gasteiger partial charge in [0, 0.05) is 21.7 Å². The molecule has 0 unspecified atom stereocenters. The number of hydrogen-bond acceptors (Lipinski definition) is 4. The normalized spacial score (nSPS) is 11.2. The Morgan fingerprint density at radius 1 is 0.842 bits per heavy atom. The molecule has 1 heterocycles. The summed E-state index contributed by atoms with van der Waals surface area (Å²) in [6.07, 6.45) is 13.9. The summed E-state index contributed by atoms with van der Waals surface area (Å²) in [5.41, 5.74) is 2.76. The van der Waals surface area contributed by atoms with E-state index in [9.17, 15) is 9.59 Å². The zero-order valence-electron chi connectivity index (χ0n) is 23.2. The van der Waals surface area contributed by atoms with E-state index < -0.39 is 0 Å². The monoisotopic (exact) mass is 539 g/mol. The third-order valence-corrected chi connectivity index (χ3v) is 7.42. The number of esters is 1. The molecule has 38 heavy (non-hydrogen) atoms. The second-order valence-electron chi connectivity index (χ2n) is 10.0. The van der Waals surface area contributed by atoms with Gasteiger partial charge in [-0.25, -0.2) is 0 Å². The van der Waals surface area contributed by atoms with Crippen LogP contribution in [0.3, 0.4) is 0 Å². The number of hydrogen-bond donors (Lipinski definition) is 0. The first-order valence-electron chi connectivity index (χ1n) is 14.1. The van der Waals surface area contributed by atoms with Crippen molar-refractivity contribution in [1.82, 2.24) is 4.57 Å². The van der Waals surface area contributed by atoms with Crippen molar-refractivity contribution in [2.45, 2.75) is 90.9 Å². The van der Waals surface area contributed by atoms with Gasteiger partial charge in [0.15, 0.2) is 0 Å². The highest BCUT2D eigenvalue weighted by Gasteiger charge is 2.22. The Hall–Kier alpha value is -2.79. The van der Waals surface area contributed by atoms with Crippen molar-refractivity contribution in [2.75, 3.05) is 13.7 Å². The molecular weight excluding hydrogens is 498 g/mol. The van der Waals surface area contributed by atoms with Gasteiger partial charge in [-0.15, -0.1) is 0 Å². The van der Waals surface area contributed by atoms with Crippen molar-refractivity contribution in [2.24, 2.45) is 0 Å². The summed E-state index contributed by atoms with van der Waals surface area (Å²) in [5.74, 6) is 0.222. The number of halogens is 1. The van der Waals surface area contributed by atoms with Gasteiger partial charge in [0.05, 0.1) is 25.7 Å². The molecule has 206 valence electrons. The summed E-state index contributed by atoms with van der Waals surface area (Å²) in [4.78, 5) is 26.2. The Morgan fingerprint density at radius 2 is 1.45 bits per heavy atom. The minimum Gasteiger partial charge on any atom is -0.497 e. The van der Waals surface area contributed by atoms with Crippen LogP contribution < -0.4 is 4.74 Å². The van der Waals surface area contributed by atoms with Crippen molar-refractivity contribution in [3.05, 3.63) is 64.3 Å². The third kappa shape index (κ3) is 8.36. The Kier molecular flexibility index (Phi) is 12.2. The lowest BCUT2D eigenvalue weighted by Gasteiger charge is -2.08. The van der Waals surface area contributed by atoms with Crippen LogP contribution >= 0.6 is 11.6 Å². The number of benzene rings is 2. The molecule has 3 aromatic rings. The van der Waals surface area contributed by atoms with Crippen molar-refractivity contribution < 1.29 is 19.1 Å². The average molecular weight is 540 g/mol. The summed E-state index contributed by atoms with van der Waals surface area (Å²) in [5, 5.41) is 1.39. The van der Waals surface area contributed by atoms with Gasteiger partial charge in [-0.3, -0.25) is 14.2 Å². The molecule has 1 aromatic heterocycles. The smallest absolute Gasteiger partial charge is 0.310 e. The van der Waals surface area contributed by atoms with E-state index in [1.807, 2.05) is 25.1 Å². The highest BCUT2D eigenvalue weighted by Crippen LogP contribution is 2.31. The second kappa shape index (κ2) is 15.6. The first-order chi connectivity index (χ1) is 18.5. The van der Waals surface area contributed by atoms with Crippen molar-refractivity contribution >= 4 is 34.4 Å². The van der Waals surface area contributed by atoms with Crippen LogP contribution in [-0.2, 0) is 16.0 Å². The van der Waals surface area contributed by atoms with Gasteiger partial charge in [0.25, 0.3) is 5.91 Å². The van der Waals surface area contributed by atoms with E-state index in [0.29, 0.717) is 22.9 Å². The third-order valence-electron chi connectivity index (χ3n) is 7.17. The molecule has 0 fully saturated rings. The van der Waals surface area contributed by atoms with Crippen LogP contribution in [0.2, 0.25) is 5.02 Å². The van der Waals surface area contributed by atoms with Crippen LogP contribution in [0.4, 0.5) is 0 Å². The predicted octanol–water partition coefficient (Wildman–Crippen LogP) is 8.70. The van der Waals surface area contributed by atoms with E-state index >= 15 is 0 Å². The SMILES string of the molecule is CCCCCCCCCCCCCOC(=O)Cc1c(C)n(C(=O)c2ccc(Cl)cc2)c2ccc(OC)cc12. The van der Waals surface area contributed by atoms with E-state index in [4.69, 9.17) is 21.1 Å². The summed E-state index contributed by atoms with van der Waals surface area (Å²) < 4.78 is 12.6. The van der Waals surface area contributed by atoms with E-state index in [-0.39, 0.29) is 18.3 Å². The van der Waals surface area contributed by atoms with Crippen LogP contribution in [-0.4, -0.2) is 30.2 Å². The van der Waals surface area contributed by atoms with Crippen molar-refractivity contribution in [1.29, 1.82) is 0 Å². The number of fused-ring (bicyclic) bond motifs is 1. The topological polar surface area (TPSA) is 57.5 Å². The number of methoxy groups -OCH3 is 1. The van der Waals surface area contributed by atoms with Gasteiger partial charge in [0.2, 0.25) is 0 Å². The molecule has 0 atom stereocenters. The van der Waals surface area contributed by atoms with Gasteiger partial charge >= 0.3 is 5.97 Å². The fourth-order valence-electron chi connectivity index (χ4n) is 4.94. The molecule has 0 amide bonds. The number of rotatable bonds is 16. The molecule has 0 aliphatic heterocycles. The second-order valence-corrected chi connectivity index (χ2v) is 10.5. The fraction of sp³-hybridized carbons (Fsp3) is 0.500. The van der Waals surface area contributed by atoms with E-state index in [2.05, 4.69) is 6.92 Å². The largest absolute Gasteiger partial charge is 0.497 e. The molecule has 5 nitrogen and oxygen atoms in total. The van der Waals surface area contributed by atoms with E-state index in [1.165, 1.54) is 57.8 Å². The zero-order valence-corrected chi connectivity index (χ0v) is 23.9. The Labute approximate surface area is 232 Å². The molecule has 0 saturated carbocycles. The number of carbonyl (C=O) groups excluding carboxylic acids is 2. The minimum atomic E-state index is -0.277. The zero-order chi connectivity index (χ0) is 27.3. The van der Waals surface area contributed by atoms with Gasteiger partial charge in [-0.05, 0) is 61.4 Å². The summed E-state index contributed by atoms with van der Waals surface area (Å²) in [7, 11) is 1.60. The van der Waals surface area contributed by atoms with Gasteiger partial charge in [-0.1, -0.05) is 82.7 Å². The lowest BCUT2D eigenvalue weighted by Crippen LogP contribution is -2.14. The maximum absolute atomic E-state index is 13.4. The summed E-state index contributed by atoms with van der Waals surface area (Å²) in [6, 6.07) is 12.4. The Bertz CT molecular complexity index is 1180. The molecule has 0 aliphatic carbocycles. The summed E-state index contributed by atoms with van der Waals surface area (Å²) in [6.45, 7) is 4.55. The van der Waals surface area contributed by atoms with Crippen LogP contribution in [0.1, 0.15) is 99.2 Å². The Balaban J connectivity index is 1.55. The molecule has 0 N–H and O–H groups in total. The first-order valence-corrected chi connectivity index (χ1v) is 14.5. The van der Waals surface area contributed by atoms with Crippen molar-refractivity contribution in [3.8, 4) is 5.75 Å². The molecular formula is C32H42ClNO4. The number of nitrogens with zero attached hydrogens (tertiary/aromatic N) is 1. The van der Waals surface area contributed by atoms with Gasteiger partial charge in [-0.2, -0.15) is 0 Å². The number of carbonyl (C=O) groups is 2. The molecule has 0 spiro atoms. The molecule has 2 aromatic carbocycles. The van der Waals surface area contributed by atoms with E-state index in [0.717, 1.165) is 35.0 Å². The highest BCUT2D eigenvalue weighted by atomic mass is 35.5. The fourth-order valence-corrected chi connectivity index (χ4v) is 5.07.